The molecule has 0 fully saturated rings. The second-order valence-electron chi connectivity index (χ2n) is 5.13. The predicted molar refractivity (Wildman–Crippen MR) is 91.4 cm³/mol. The lowest BCUT2D eigenvalue weighted by Gasteiger charge is -2.09. The van der Waals surface area contributed by atoms with E-state index in [2.05, 4.69) is 10.3 Å². The van der Waals surface area contributed by atoms with Gasteiger partial charge < -0.3 is 11.1 Å². The monoisotopic (exact) mass is 363 g/mol. The summed E-state index contributed by atoms with van der Waals surface area (Å²) in [5.41, 5.74) is 6.01. The Bertz CT molecular complexity index is 907. The van der Waals surface area contributed by atoms with Gasteiger partial charge in [0.15, 0.2) is 5.13 Å². The number of nitrogens with two attached hydrogens (primary N) is 1. The maximum absolute atomic E-state index is 12.8. The highest BCUT2D eigenvalue weighted by molar-refractivity contribution is 7.17. The Labute approximate surface area is 145 Å². The van der Waals surface area contributed by atoms with E-state index in [4.69, 9.17) is 5.73 Å². The first kappa shape index (κ1) is 17.0. The van der Waals surface area contributed by atoms with Crippen LogP contribution in [0.2, 0.25) is 0 Å². The molecule has 0 saturated heterocycles. The van der Waals surface area contributed by atoms with E-state index in [9.17, 15) is 18.0 Å². The smallest absolute Gasteiger partial charge is 0.375 e. The molecule has 1 amide bonds. The van der Waals surface area contributed by atoms with Gasteiger partial charge in [0.2, 0.25) is 0 Å². The summed E-state index contributed by atoms with van der Waals surface area (Å²) in [4.78, 5) is 16.9. The number of rotatable bonds is 3. The van der Waals surface area contributed by atoms with Gasteiger partial charge in [0.05, 0.1) is 11.3 Å². The van der Waals surface area contributed by atoms with Crippen LogP contribution in [0.1, 0.15) is 15.2 Å². The molecule has 0 atom stereocenters. The van der Waals surface area contributed by atoms with Crippen LogP contribution in [0.15, 0.2) is 54.6 Å². The fourth-order valence-corrected chi connectivity index (χ4v) is 2.99. The molecule has 8 heteroatoms. The largest absolute Gasteiger partial charge is 0.416 e. The van der Waals surface area contributed by atoms with Crippen molar-refractivity contribution in [2.75, 3.05) is 11.1 Å². The number of nitrogens with zero attached hydrogens (tertiary/aromatic N) is 1. The van der Waals surface area contributed by atoms with Crippen molar-refractivity contribution in [3.63, 3.8) is 0 Å². The molecule has 4 nitrogen and oxygen atoms in total. The van der Waals surface area contributed by atoms with Crippen molar-refractivity contribution in [2.24, 2.45) is 0 Å². The van der Waals surface area contributed by atoms with E-state index in [-0.39, 0.29) is 15.7 Å². The van der Waals surface area contributed by atoms with Gasteiger partial charge >= 0.3 is 6.18 Å². The van der Waals surface area contributed by atoms with E-state index in [1.165, 1.54) is 12.1 Å². The van der Waals surface area contributed by atoms with Crippen LogP contribution in [0.3, 0.4) is 0 Å². The molecule has 25 heavy (non-hydrogen) atoms. The number of halogens is 3. The number of hydrogen-bond donors (Lipinski definition) is 2. The van der Waals surface area contributed by atoms with Gasteiger partial charge in [-0.1, -0.05) is 47.7 Å². The Hall–Kier alpha value is -2.87. The van der Waals surface area contributed by atoms with Crippen molar-refractivity contribution in [1.29, 1.82) is 0 Å². The van der Waals surface area contributed by atoms with Crippen molar-refractivity contribution >= 4 is 28.1 Å². The zero-order chi connectivity index (χ0) is 18.0. The number of amides is 1. The minimum Gasteiger partial charge on any atom is -0.375 e. The Balaban J connectivity index is 1.90. The van der Waals surface area contributed by atoms with Gasteiger partial charge in [0.25, 0.3) is 5.91 Å². The molecule has 0 aliphatic rings. The van der Waals surface area contributed by atoms with Crippen molar-refractivity contribution in [1.82, 2.24) is 4.98 Å². The predicted octanol–water partition coefficient (Wildman–Crippen LogP) is 4.66. The number of thiazole rings is 1. The van der Waals surface area contributed by atoms with E-state index in [0.717, 1.165) is 23.5 Å². The quantitative estimate of drug-likeness (QED) is 0.711. The van der Waals surface area contributed by atoms with Crippen molar-refractivity contribution in [2.45, 2.75) is 6.18 Å². The molecule has 3 N–H and O–H groups in total. The summed E-state index contributed by atoms with van der Waals surface area (Å²) in [5.74, 6) is -0.563. The number of carbonyl (C=O) groups is 1. The van der Waals surface area contributed by atoms with Crippen LogP contribution in [0.4, 0.5) is 24.0 Å². The fraction of sp³-hybridized carbons (Fsp3) is 0.0588. The van der Waals surface area contributed by atoms with Gasteiger partial charge in [-0.05, 0) is 18.2 Å². The molecule has 0 aliphatic heterocycles. The minimum absolute atomic E-state index is 0.0470. The third kappa shape index (κ3) is 3.80. The van der Waals surface area contributed by atoms with E-state index >= 15 is 0 Å². The Morgan fingerprint density at radius 2 is 1.80 bits per heavy atom. The first-order valence-electron chi connectivity index (χ1n) is 7.15. The van der Waals surface area contributed by atoms with Crippen molar-refractivity contribution < 1.29 is 18.0 Å². The molecule has 0 aliphatic carbocycles. The summed E-state index contributed by atoms with van der Waals surface area (Å²) in [6.45, 7) is 0. The van der Waals surface area contributed by atoms with Crippen LogP contribution in [0.25, 0.3) is 11.3 Å². The number of anilines is 2. The molecule has 2 aromatic carbocycles. The molecule has 3 aromatic rings. The lowest BCUT2D eigenvalue weighted by atomic mass is 10.1. The Morgan fingerprint density at radius 3 is 2.48 bits per heavy atom. The van der Waals surface area contributed by atoms with E-state index in [1.807, 2.05) is 6.07 Å². The second kappa shape index (κ2) is 6.56. The summed E-state index contributed by atoms with van der Waals surface area (Å²) in [6, 6.07) is 13.4. The Morgan fingerprint density at radius 1 is 1.08 bits per heavy atom. The lowest BCUT2D eigenvalue weighted by molar-refractivity contribution is -0.137. The summed E-state index contributed by atoms with van der Waals surface area (Å²) in [6.07, 6.45) is -4.48. The second-order valence-corrected chi connectivity index (χ2v) is 6.16. The average Bonchev–Trinajstić information content (AvgIpc) is 2.97. The third-order valence-electron chi connectivity index (χ3n) is 3.34. The fourth-order valence-electron chi connectivity index (χ4n) is 2.24. The van der Waals surface area contributed by atoms with Crippen LogP contribution in [-0.4, -0.2) is 10.9 Å². The molecule has 0 saturated carbocycles. The van der Waals surface area contributed by atoms with E-state index in [0.29, 0.717) is 11.3 Å². The zero-order valence-electron chi connectivity index (χ0n) is 12.7. The molecule has 128 valence electrons. The first-order chi connectivity index (χ1) is 11.8. The third-order valence-corrected chi connectivity index (χ3v) is 4.23. The molecule has 0 radical (unpaired) electrons. The molecule has 0 spiro atoms. The number of nitrogen functional groups attached to an aromatic ring is 1. The van der Waals surface area contributed by atoms with Gasteiger partial charge in [0, 0.05) is 11.3 Å². The van der Waals surface area contributed by atoms with Gasteiger partial charge in [-0.3, -0.25) is 4.79 Å². The first-order valence-corrected chi connectivity index (χ1v) is 7.96. The van der Waals surface area contributed by atoms with Crippen LogP contribution in [-0.2, 0) is 6.18 Å². The standard InChI is InChI=1S/C17H12F3N3OS/c18-17(19,20)11-7-4-8-12(9-11)22-15(24)14-13(23-16(21)25-14)10-5-2-1-3-6-10/h1-9H,(H2,21,23)(H,22,24). The summed E-state index contributed by atoms with van der Waals surface area (Å²) >= 11 is 0.979. The SMILES string of the molecule is Nc1nc(-c2ccccc2)c(C(=O)Nc2cccc(C(F)(F)F)c2)s1. The topological polar surface area (TPSA) is 68.0 Å². The van der Waals surface area contributed by atoms with Crippen LogP contribution >= 0.6 is 11.3 Å². The number of benzene rings is 2. The number of alkyl halides is 3. The molecule has 0 bridgehead atoms. The number of aromatic nitrogens is 1. The lowest BCUT2D eigenvalue weighted by Crippen LogP contribution is -2.13. The average molecular weight is 363 g/mol. The van der Waals surface area contributed by atoms with Crippen LogP contribution in [0, 0.1) is 0 Å². The van der Waals surface area contributed by atoms with E-state index in [1.54, 1.807) is 24.3 Å². The van der Waals surface area contributed by atoms with Gasteiger partial charge in [-0.15, -0.1) is 0 Å². The van der Waals surface area contributed by atoms with Gasteiger partial charge in [0.1, 0.15) is 4.88 Å². The molecular weight excluding hydrogens is 351 g/mol. The molecule has 3 rings (SSSR count). The van der Waals surface area contributed by atoms with Crippen LogP contribution < -0.4 is 11.1 Å². The number of carbonyl (C=O) groups excluding carboxylic acids is 1. The highest BCUT2D eigenvalue weighted by atomic mass is 32.1. The highest BCUT2D eigenvalue weighted by Gasteiger charge is 2.30. The van der Waals surface area contributed by atoms with Crippen LogP contribution in [0.5, 0.6) is 0 Å². The normalized spacial score (nSPS) is 11.3. The highest BCUT2D eigenvalue weighted by Crippen LogP contribution is 2.32. The molecular formula is C17H12F3N3OS. The maximum atomic E-state index is 12.8. The van der Waals surface area contributed by atoms with E-state index < -0.39 is 17.6 Å². The minimum atomic E-state index is -4.48. The number of hydrogen-bond acceptors (Lipinski definition) is 4. The summed E-state index contributed by atoms with van der Waals surface area (Å²) in [5, 5.41) is 2.67. The summed E-state index contributed by atoms with van der Waals surface area (Å²) < 4.78 is 38.3. The van der Waals surface area contributed by atoms with Crippen molar-refractivity contribution in [3.8, 4) is 11.3 Å². The summed E-state index contributed by atoms with van der Waals surface area (Å²) in [7, 11) is 0. The van der Waals surface area contributed by atoms with Gasteiger partial charge in [-0.25, -0.2) is 4.98 Å². The van der Waals surface area contributed by atoms with Crippen molar-refractivity contribution in [3.05, 3.63) is 65.0 Å². The number of nitrogens with one attached hydrogen (secondary N) is 1. The van der Waals surface area contributed by atoms with Gasteiger partial charge in [-0.2, -0.15) is 13.2 Å². The molecule has 1 heterocycles. The molecule has 0 unspecified atom stereocenters. The molecule has 1 aromatic heterocycles. The zero-order valence-corrected chi connectivity index (χ0v) is 13.5. The Kier molecular flexibility index (Phi) is 4.45. The maximum Gasteiger partial charge on any atom is 0.416 e.